The molecular weight excluding hydrogens is 419 g/mol. The Hall–Kier alpha value is -1.65. The number of hydrogen-bond donors (Lipinski definition) is 2. The smallest absolute Gasteiger partial charge is 0.203 e. The number of halogens is 1. The third kappa shape index (κ3) is 3.55. The fourth-order valence-electron chi connectivity index (χ4n) is 3.29. The van der Waals surface area contributed by atoms with E-state index in [9.17, 15) is 0 Å². The van der Waals surface area contributed by atoms with Crippen LogP contribution < -0.4 is 15.5 Å². The van der Waals surface area contributed by atoms with Gasteiger partial charge in [0.25, 0.3) is 0 Å². The molecule has 2 N–H and O–H groups in total. The first kappa shape index (κ1) is 17.2. The van der Waals surface area contributed by atoms with Gasteiger partial charge in [0.1, 0.15) is 6.33 Å². The molecular formula is C15H23IN8. The standard InChI is InChI=1S/C15H22N8.HI/c1-11-7-17-15(20-11)18-8-12-3-2-5-22(9-12)13-14-21-19-10-23(14)6-4-16-13;/h4,6,10-12H,2-3,5,7-9H2,1H3,(H2,17,18,20);1H. The Bertz CT molecular complexity index is 714. The van der Waals surface area contributed by atoms with Gasteiger partial charge in [0, 0.05) is 38.1 Å². The van der Waals surface area contributed by atoms with Crippen LogP contribution in [0.5, 0.6) is 0 Å². The van der Waals surface area contributed by atoms with Crippen LogP contribution in [0.25, 0.3) is 5.65 Å². The quantitative estimate of drug-likeness (QED) is 0.688. The first-order valence-electron chi connectivity index (χ1n) is 8.24. The Labute approximate surface area is 158 Å². The monoisotopic (exact) mass is 442 g/mol. The average molecular weight is 442 g/mol. The molecule has 0 amide bonds. The second kappa shape index (κ2) is 7.49. The van der Waals surface area contributed by atoms with Crippen LogP contribution in [0.4, 0.5) is 5.82 Å². The van der Waals surface area contributed by atoms with Crippen LogP contribution >= 0.6 is 24.0 Å². The van der Waals surface area contributed by atoms with Gasteiger partial charge < -0.3 is 15.5 Å². The van der Waals surface area contributed by atoms with Gasteiger partial charge in [0.15, 0.2) is 11.8 Å². The van der Waals surface area contributed by atoms with Gasteiger partial charge in [-0.05, 0) is 25.7 Å². The third-order valence-corrected chi connectivity index (χ3v) is 4.48. The van der Waals surface area contributed by atoms with Crippen molar-refractivity contribution in [2.75, 3.05) is 31.1 Å². The minimum absolute atomic E-state index is 0. The lowest BCUT2D eigenvalue weighted by Crippen LogP contribution is -2.44. The molecule has 2 aliphatic rings. The SMILES string of the molecule is CC1CN=C(NCC2CCCN(c3nccn4cnnc34)C2)N1.I. The van der Waals surface area contributed by atoms with Crippen molar-refractivity contribution < 1.29 is 0 Å². The number of fused-ring (bicyclic) bond motifs is 1. The van der Waals surface area contributed by atoms with E-state index >= 15 is 0 Å². The van der Waals surface area contributed by atoms with Crippen LogP contribution in [0.2, 0.25) is 0 Å². The van der Waals surface area contributed by atoms with E-state index in [2.05, 4.69) is 42.6 Å². The maximum Gasteiger partial charge on any atom is 0.203 e. The van der Waals surface area contributed by atoms with Crippen molar-refractivity contribution in [1.82, 2.24) is 30.2 Å². The van der Waals surface area contributed by atoms with Crippen molar-refractivity contribution in [3.8, 4) is 0 Å². The minimum Gasteiger partial charge on any atom is -0.356 e. The van der Waals surface area contributed by atoms with E-state index in [-0.39, 0.29) is 24.0 Å². The summed E-state index contributed by atoms with van der Waals surface area (Å²) in [6, 6.07) is 0.440. The first-order valence-corrected chi connectivity index (χ1v) is 8.24. The Morgan fingerprint density at radius 3 is 3.17 bits per heavy atom. The number of anilines is 1. The molecule has 0 saturated carbocycles. The summed E-state index contributed by atoms with van der Waals surface area (Å²) in [5.74, 6) is 2.45. The predicted molar refractivity (Wildman–Crippen MR) is 104 cm³/mol. The lowest BCUT2D eigenvalue weighted by molar-refractivity contribution is 0.409. The highest BCUT2D eigenvalue weighted by Gasteiger charge is 2.24. The van der Waals surface area contributed by atoms with Gasteiger partial charge >= 0.3 is 0 Å². The lowest BCUT2D eigenvalue weighted by atomic mass is 9.98. The molecule has 0 radical (unpaired) electrons. The molecule has 8 nitrogen and oxygen atoms in total. The fourth-order valence-corrected chi connectivity index (χ4v) is 3.29. The van der Waals surface area contributed by atoms with Crippen molar-refractivity contribution in [2.45, 2.75) is 25.8 Å². The molecule has 1 fully saturated rings. The van der Waals surface area contributed by atoms with Crippen LogP contribution in [-0.4, -0.2) is 57.8 Å². The van der Waals surface area contributed by atoms with Crippen molar-refractivity contribution >= 4 is 41.4 Å². The minimum atomic E-state index is 0. The van der Waals surface area contributed by atoms with E-state index in [1.807, 2.05) is 16.8 Å². The lowest BCUT2D eigenvalue weighted by Gasteiger charge is -2.33. The summed E-state index contributed by atoms with van der Waals surface area (Å²) in [5, 5.41) is 15.0. The Morgan fingerprint density at radius 2 is 2.33 bits per heavy atom. The molecule has 130 valence electrons. The number of rotatable bonds is 3. The molecule has 4 heterocycles. The van der Waals surface area contributed by atoms with Crippen LogP contribution in [-0.2, 0) is 0 Å². The van der Waals surface area contributed by atoms with Crippen LogP contribution in [0.1, 0.15) is 19.8 Å². The Morgan fingerprint density at radius 1 is 1.42 bits per heavy atom. The molecule has 0 aliphatic carbocycles. The van der Waals surface area contributed by atoms with Crippen molar-refractivity contribution in [2.24, 2.45) is 10.9 Å². The third-order valence-electron chi connectivity index (χ3n) is 4.48. The van der Waals surface area contributed by atoms with Gasteiger partial charge in [-0.2, -0.15) is 0 Å². The van der Waals surface area contributed by atoms with Crippen LogP contribution in [0.3, 0.4) is 0 Å². The molecule has 0 aromatic carbocycles. The molecule has 1 saturated heterocycles. The summed E-state index contributed by atoms with van der Waals surface area (Å²) in [4.78, 5) is 11.3. The summed E-state index contributed by atoms with van der Waals surface area (Å²) in [6.45, 7) is 5.94. The van der Waals surface area contributed by atoms with Gasteiger partial charge in [0.2, 0.25) is 5.65 Å². The van der Waals surface area contributed by atoms with Gasteiger partial charge in [-0.1, -0.05) is 0 Å². The second-order valence-electron chi connectivity index (χ2n) is 6.38. The highest BCUT2D eigenvalue weighted by molar-refractivity contribution is 14.0. The van der Waals surface area contributed by atoms with Crippen molar-refractivity contribution in [3.63, 3.8) is 0 Å². The van der Waals surface area contributed by atoms with E-state index in [1.165, 1.54) is 12.8 Å². The number of guanidine groups is 1. The molecule has 2 aromatic heterocycles. The largest absolute Gasteiger partial charge is 0.356 e. The number of nitrogens with one attached hydrogen (secondary N) is 2. The van der Waals surface area contributed by atoms with E-state index in [4.69, 9.17) is 0 Å². The topological polar surface area (TPSA) is 82.7 Å². The van der Waals surface area contributed by atoms with Crippen LogP contribution in [0, 0.1) is 5.92 Å². The number of nitrogens with zero attached hydrogens (tertiary/aromatic N) is 6. The maximum atomic E-state index is 4.53. The zero-order chi connectivity index (χ0) is 15.6. The van der Waals surface area contributed by atoms with E-state index in [0.717, 1.165) is 43.6 Å². The highest BCUT2D eigenvalue weighted by Crippen LogP contribution is 2.23. The zero-order valence-electron chi connectivity index (χ0n) is 13.7. The van der Waals surface area contributed by atoms with E-state index in [1.54, 1.807) is 6.33 Å². The summed E-state index contributed by atoms with van der Waals surface area (Å²) in [5.41, 5.74) is 0.830. The summed E-state index contributed by atoms with van der Waals surface area (Å²) >= 11 is 0. The summed E-state index contributed by atoms with van der Waals surface area (Å²) in [7, 11) is 0. The predicted octanol–water partition coefficient (Wildman–Crippen LogP) is 0.896. The zero-order valence-corrected chi connectivity index (χ0v) is 16.1. The number of aromatic nitrogens is 4. The van der Waals surface area contributed by atoms with Gasteiger partial charge in [-0.3, -0.25) is 9.39 Å². The number of piperidine rings is 1. The molecule has 4 rings (SSSR count). The van der Waals surface area contributed by atoms with Gasteiger partial charge in [0.05, 0.1) is 6.54 Å². The number of hydrogen-bond acceptors (Lipinski definition) is 7. The van der Waals surface area contributed by atoms with Gasteiger partial charge in [-0.25, -0.2) is 4.98 Å². The van der Waals surface area contributed by atoms with Crippen molar-refractivity contribution in [1.29, 1.82) is 0 Å². The average Bonchev–Trinajstić information content (AvgIpc) is 3.21. The fraction of sp³-hybridized carbons (Fsp3) is 0.600. The first-order chi connectivity index (χ1) is 11.3. The summed E-state index contributed by atoms with van der Waals surface area (Å²) < 4.78 is 1.92. The van der Waals surface area contributed by atoms with Crippen LogP contribution in [0.15, 0.2) is 23.7 Å². The van der Waals surface area contributed by atoms with Crippen molar-refractivity contribution in [3.05, 3.63) is 18.7 Å². The Balaban J connectivity index is 0.00000169. The molecule has 24 heavy (non-hydrogen) atoms. The molecule has 2 aromatic rings. The molecule has 2 atom stereocenters. The molecule has 0 bridgehead atoms. The van der Waals surface area contributed by atoms with E-state index < -0.39 is 0 Å². The normalized spacial score (nSPS) is 23.5. The molecule has 0 spiro atoms. The second-order valence-corrected chi connectivity index (χ2v) is 6.38. The molecule has 9 heteroatoms. The van der Waals surface area contributed by atoms with E-state index in [0.29, 0.717) is 12.0 Å². The van der Waals surface area contributed by atoms with Gasteiger partial charge in [-0.15, -0.1) is 34.2 Å². The molecule has 2 aliphatic heterocycles. The molecule has 2 unspecified atom stereocenters. The number of aliphatic imine (C=N–C) groups is 1. The highest BCUT2D eigenvalue weighted by atomic mass is 127. The Kier molecular flexibility index (Phi) is 5.36. The summed E-state index contributed by atoms with van der Waals surface area (Å²) in [6.07, 6.45) is 7.80. The maximum absolute atomic E-state index is 4.53.